The van der Waals surface area contributed by atoms with Gasteiger partial charge in [0, 0.05) is 0 Å². The van der Waals surface area contributed by atoms with Crippen molar-refractivity contribution in [3.63, 3.8) is 0 Å². The topological polar surface area (TPSA) is 55.4 Å². The van der Waals surface area contributed by atoms with Gasteiger partial charge in [-0.3, -0.25) is 4.79 Å². The summed E-state index contributed by atoms with van der Waals surface area (Å²) in [6, 6.07) is 4.17. The maximum absolute atomic E-state index is 12.6. The Morgan fingerprint density at radius 3 is 2.29 bits per heavy atom. The van der Waals surface area contributed by atoms with Gasteiger partial charge in [-0.2, -0.15) is 0 Å². The lowest BCUT2D eigenvalue weighted by atomic mass is 9.77. The minimum Gasteiger partial charge on any atom is -0.467 e. The van der Waals surface area contributed by atoms with Gasteiger partial charge in [0.15, 0.2) is 0 Å². The second-order valence-corrected chi connectivity index (χ2v) is 7.34. The highest BCUT2D eigenvalue weighted by atomic mass is 16.5. The van der Waals surface area contributed by atoms with Crippen LogP contribution in [0.5, 0.6) is 0 Å². The molecule has 1 aromatic rings. The number of hydrogen-bond donors (Lipinski definition) is 1. The lowest BCUT2D eigenvalue weighted by Crippen LogP contribution is -2.57. The van der Waals surface area contributed by atoms with E-state index in [1.165, 1.54) is 18.2 Å². The molecule has 1 aliphatic carbocycles. The van der Waals surface area contributed by atoms with Crippen LogP contribution in [0.4, 0.5) is 0 Å². The van der Waals surface area contributed by atoms with Gasteiger partial charge in [-0.15, -0.1) is 0 Å². The third-order valence-electron chi connectivity index (χ3n) is 5.39. The Bertz CT molecular complexity index is 628. The molecule has 2 rings (SSSR count). The largest absolute Gasteiger partial charge is 0.467 e. The van der Waals surface area contributed by atoms with Crippen LogP contribution in [-0.4, -0.2) is 24.5 Å². The van der Waals surface area contributed by atoms with E-state index in [1.54, 1.807) is 0 Å². The van der Waals surface area contributed by atoms with Gasteiger partial charge >= 0.3 is 5.97 Å². The molecule has 4 nitrogen and oxygen atoms in total. The number of methoxy groups -OCH3 is 1. The highest BCUT2D eigenvalue weighted by Crippen LogP contribution is 2.33. The van der Waals surface area contributed by atoms with Crippen LogP contribution in [0.1, 0.15) is 54.9 Å². The number of benzene rings is 1. The molecule has 1 fully saturated rings. The lowest BCUT2D eigenvalue weighted by Gasteiger charge is -2.37. The van der Waals surface area contributed by atoms with Gasteiger partial charge in [0.1, 0.15) is 5.54 Å². The Morgan fingerprint density at radius 2 is 1.71 bits per heavy atom. The van der Waals surface area contributed by atoms with E-state index in [4.69, 9.17) is 4.74 Å². The number of ether oxygens (including phenoxy) is 1. The maximum Gasteiger partial charge on any atom is 0.331 e. The minimum absolute atomic E-state index is 0.110. The molecule has 0 radical (unpaired) electrons. The van der Waals surface area contributed by atoms with Gasteiger partial charge in [0.25, 0.3) is 0 Å². The highest BCUT2D eigenvalue weighted by Gasteiger charge is 2.43. The predicted octanol–water partition coefficient (Wildman–Crippen LogP) is 3.39. The van der Waals surface area contributed by atoms with E-state index in [9.17, 15) is 9.59 Å². The van der Waals surface area contributed by atoms with E-state index in [2.05, 4.69) is 38.2 Å². The van der Waals surface area contributed by atoms with E-state index < -0.39 is 5.54 Å². The van der Waals surface area contributed by atoms with Crippen molar-refractivity contribution in [1.29, 1.82) is 0 Å². The van der Waals surface area contributed by atoms with Crippen LogP contribution in [-0.2, 0) is 20.7 Å². The molecule has 1 aromatic carbocycles. The van der Waals surface area contributed by atoms with E-state index in [-0.39, 0.29) is 11.9 Å². The standard InChI is InChI=1S/C20H29NO3/c1-13-6-8-20(9-7-13,19(23)24-5)21-18(22)12-17-11-15(3)14(2)10-16(17)4/h10-11,13H,6-9,12H2,1-5H3,(H,21,22). The molecule has 24 heavy (non-hydrogen) atoms. The molecule has 0 aromatic heterocycles. The van der Waals surface area contributed by atoms with E-state index in [0.717, 1.165) is 24.0 Å². The number of esters is 1. The average molecular weight is 331 g/mol. The van der Waals surface area contributed by atoms with Crippen molar-refractivity contribution >= 4 is 11.9 Å². The molecule has 1 aliphatic rings. The summed E-state index contributed by atoms with van der Waals surface area (Å²) in [6.07, 6.45) is 3.45. The molecule has 1 N–H and O–H groups in total. The number of carbonyl (C=O) groups excluding carboxylic acids is 2. The van der Waals surface area contributed by atoms with Gasteiger partial charge in [-0.25, -0.2) is 4.79 Å². The molecule has 0 saturated heterocycles. The van der Waals surface area contributed by atoms with Crippen molar-refractivity contribution in [2.45, 2.75) is 65.3 Å². The third kappa shape index (κ3) is 3.97. The Labute approximate surface area is 145 Å². The summed E-state index contributed by atoms with van der Waals surface area (Å²) in [6.45, 7) is 8.32. The molecule has 132 valence electrons. The molecular weight excluding hydrogens is 302 g/mol. The molecule has 1 amide bonds. The van der Waals surface area contributed by atoms with Crippen molar-refractivity contribution < 1.29 is 14.3 Å². The van der Waals surface area contributed by atoms with Gasteiger partial charge in [-0.05, 0) is 74.6 Å². The first kappa shape index (κ1) is 18.5. The van der Waals surface area contributed by atoms with Crippen molar-refractivity contribution in [1.82, 2.24) is 5.32 Å². The number of hydrogen-bond acceptors (Lipinski definition) is 3. The number of carbonyl (C=O) groups is 2. The summed E-state index contributed by atoms with van der Waals surface area (Å²) < 4.78 is 4.98. The van der Waals surface area contributed by atoms with Crippen LogP contribution >= 0.6 is 0 Å². The first-order valence-corrected chi connectivity index (χ1v) is 8.73. The SMILES string of the molecule is COC(=O)C1(NC(=O)Cc2cc(C)c(C)cc2C)CCC(C)CC1. The summed E-state index contributed by atoms with van der Waals surface area (Å²) in [5.41, 5.74) is 3.67. The molecular formula is C20H29NO3. The van der Waals surface area contributed by atoms with Gasteiger partial charge in [0.2, 0.25) is 5.91 Å². The molecule has 4 heteroatoms. The van der Waals surface area contributed by atoms with Crippen molar-refractivity contribution in [2.75, 3.05) is 7.11 Å². The Morgan fingerprint density at radius 1 is 1.12 bits per heavy atom. The van der Waals surface area contributed by atoms with Crippen molar-refractivity contribution in [3.05, 3.63) is 34.4 Å². The molecule has 0 spiro atoms. The molecule has 0 unspecified atom stereocenters. The molecule has 0 bridgehead atoms. The summed E-state index contributed by atoms with van der Waals surface area (Å²) in [4.78, 5) is 24.9. The van der Waals surface area contributed by atoms with Crippen LogP contribution in [0.3, 0.4) is 0 Å². The fraction of sp³-hybridized carbons (Fsp3) is 0.600. The average Bonchev–Trinajstić information content (AvgIpc) is 2.54. The summed E-state index contributed by atoms with van der Waals surface area (Å²) in [5, 5.41) is 3.00. The van der Waals surface area contributed by atoms with E-state index >= 15 is 0 Å². The second kappa shape index (κ2) is 7.37. The van der Waals surface area contributed by atoms with Crippen LogP contribution in [0.2, 0.25) is 0 Å². The van der Waals surface area contributed by atoms with Crippen molar-refractivity contribution in [2.24, 2.45) is 5.92 Å². The van der Waals surface area contributed by atoms with Crippen LogP contribution in [0.15, 0.2) is 12.1 Å². The first-order chi connectivity index (χ1) is 11.3. The maximum atomic E-state index is 12.6. The van der Waals surface area contributed by atoms with Crippen LogP contribution < -0.4 is 5.32 Å². The van der Waals surface area contributed by atoms with Crippen molar-refractivity contribution in [3.8, 4) is 0 Å². The van der Waals surface area contributed by atoms with E-state index in [0.29, 0.717) is 25.2 Å². The first-order valence-electron chi connectivity index (χ1n) is 8.73. The second-order valence-electron chi connectivity index (χ2n) is 7.34. The number of aryl methyl sites for hydroxylation is 3. The molecule has 0 atom stereocenters. The molecule has 1 saturated carbocycles. The fourth-order valence-electron chi connectivity index (χ4n) is 3.53. The van der Waals surface area contributed by atoms with Gasteiger partial charge in [0.05, 0.1) is 13.5 Å². The summed E-state index contributed by atoms with van der Waals surface area (Å²) in [7, 11) is 1.39. The molecule has 0 aliphatic heterocycles. The zero-order valence-electron chi connectivity index (χ0n) is 15.5. The van der Waals surface area contributed by atoms with Gasteiger partial charge in [-0.1, -0.05) is 19.1 Å². The minimum atomic E-state index is -0.855. The predicted molar refractivity (Wildman–Crippen MR) is 94.9 cm³/mol. The van der Waals surface area contributed by atoms with E-state index in [1.807, 2.05) is 6.92 Å². The Hall–Kier alpha value is -1.84. The fourth-order valence-corrected chi connectivity index (χ4v) is 3.53. The third-order valence-corrected chi connectivity index (χ3v) is 5.39. The number of amides is 1. The normalized spacial score (nSPS) is 23.6. The number of nitrogens with one attached hydrogen (secondary N) is 1. The highest BCUT2D eigenvalue weighted by molar-refractivity contribution is 5.89. The lowest BCUT2D eigenvalue weighted by molar-refractivity contribution is -0.153. The zero-order chi connectivity index (χ0) is 17.9. The Kier molecular flexibility index (Phi) is 5.68. The summed E-state index contributed by atoms with van der Waals surface area (Å²) >= 11 is 0. The summed E-state index contributed by atoms with van der Waals surface area (Å²) in [5.74, 6) is 0.155. The molecule has 0 heterocycles. The van der Waals surface area contributed by atoms with Gasteiger partial charge < -0.3 is 10.1 Å². The number of rotatable bonds is 4. The zero-order valence-corrected chi connectivity index (χ0v) is 15.5. The Balaban J connectivity index is 2.14. The smallest absolute Gasteiger partial charge is 0.331 e. The van der Waals surface area contributed by atoms with Crippen LogP contribution in [0.25, 0.3) is 0 Å². The van der Waals surface area contributed by atoms with Crippen LogP contribution in [0, 0.1) is 26.7 Å². The quantitative estimate of drug-likeness (QED) is 0.861. The monoisotopic (exact) mass is 331 g/mol.